The molecule has 0 spiro atoms. The fraction of sp³-hybridized carbons (Fsp3) is 0. The average Bonchev–Trinajstić information content (AvgIpc) is 3.17. The van der Waals surface area contributed by atoms with Crippen LogP contribution in [-0.2, 0) is 0 Å². The zero-order chi connectivity index (χ0) is 15.1. The Labute approximate surface area is 134 Å². The van der Waals surface area contributed by atoms with Crippen LogP contribution in [0, 0.1) is 0 Å². The lowest BCUT2D eigenvalue weighted by molar-refractivity contribution is 0.0819. The maximum atomic E-state index is 12.6. The molecule has 22 heavy (non-hydrogen) atoms. The summed E-state index contributed by atoms with van der Waals surface area (Å²) in [6, 6.07) is 15.3. The molecular formula is C18H10O2S2. The minimum atomic E-state index is -0.430. The van der Waals surface area contributed by atoms with E-state index in [0.717, 1.165) is 20.2 Å². The van der Waals surface area contributed by atoms with Gasteiger partial charge < -0.3 is 0 Å². The molecule has 0 atom stereocenters. The number of ketones is 2. The molecule has 106 valence electrons. The van der Waals surface area contributed by atoms with Crippen molar-refractivity contribution in [2.24, 2.45) is 0 Å². The van der Waals surface area contributed by atoms with Crippen LogP contribution in [0.4, 0.5) is 0 Å². The summed E-state index contributed by atoms with van der Waals surface area (Å²) in [5.74, 6) is -0.859. The van der Waals surface area contributed by atoms with Crippen molar-refractivity contribution >= 4 is 54.4 Å². The van der Waals surface area contributed by atoms with E-state index >= 15 is 0 Å². The second kappa shape index (κ2) is 5.16. The van der Waals surface area contributed by atoms with Gasteiger partial charge in [0.1, 0.15) is 0 Å². The van der Waals surface area contributed by atoms with E-state index in [9.17, 15) is 9.59 Å². The first kappa shape index (κ1) is 13.4. The van der Waals surface area contributed by atoms with Crippen LogP contribution in [0.2, 0.25) is 0 Å². The van der Waals surface area contributed by atoms with Crippen molar-refractivity contribution in [2.75, 3.05) is 0 Å². The highest BCUT2D eigenvalue weighted by atomic mass is 32.1. The summed E-state index contributed by atoms with van der Waals surface area (Å²) in [7, 11) is 0. The third-order valence-corrected chi connectivity index (χ3v) is 5.58. The van der Waals surface area contributed by atoms with Gasteiger partial charge in [-0.2, -0.15) is 0 Å². The predicted octanol–water partition coefficient (Wildman–Crippen LogP) is 5.18. The average molecular weight is 322 g/mol. The molecule has 0 bridgehead atoms. The largest absolute Gasteiger partial charge is 0.285 e. The first-order valence-electron chi connectivity index (χ1n) is 6.77. The SMILES string of the molecule is O=C(C(=O)c1csc2ccccc12)c1csc2ccccc12. The molecule has 0 aliphatic rings. The number of thiophene rings is 2. The highest BCUT2D eigenvalue weighted by Gasteiger charge is 2.23. The van der Waals surface area contributed by atoms with Crippen LogP contribution in [0.3, 0.4) is 0 Å². The van der Waals surface area contributed by atoms with E-state index in [4.69, 9.17) is 0 Å². The molecule has 2 nitrogen and oxygen atoms in total. The lowest BCUT2D eigenvalue weighted by atomic mass is 10.0. The summed E-state index contributed by atoms with van der Waals surface area (Å²) in [5.41, 5.74) is 1.00. The molecule has 0 amide bonds. The van der Waals surface area contributed by atoms with Crippen LogP contribution >= 0.6 is 22.7 Å². The molecule has 4 heteroatoms. The fourth-order valence-corrected chi connectivity index (χ4v) is 4.43. The first-order valence-corrected chi connectivity index (χ1v) is 8.53. The zero-order valence-corrected chi connectivity index (χ0v) is 13.0. The molecule has 0 saturated heterocycles. The van der Waals surface area contributed by atoms with Crippen molar-refractivity contribution in [1.82, 2.24) is 0 Å². The van der Waals surface area contributed by atoms with Crippen LogP contribution in [0.15, 0.2) is 59.3 Å². The Morgan fingerprint density at radius 3 is 1.50 bits per heavy atom. The molecule has 4 rings (SSSR count). The summed E-state index contributed by atoms with van der Waals surface area (Å²) in [5, 5.41) is 5.26. The van der Waals surface area contributed by atoms with E-state index < -0.39 is 11.6 Å². The van der Waals surface area contributed by atoms with Crippen molar-refractivity contribution in [3.63, 3.8) is 0 Å². The molecule has 2 aromatic heterocycles. The molecule has 0 saturated carbocycles. The van der Waals surface area contributed by atoms with Crippen molar-refractivity contribution in [3.8, 4) is 0 Å². The molecule has 0 N–H and O–H groups in total. The summed E-state index contributed by atoms with van der Waals surface area (Å²) >= 11 is 2.98. The maximum absolute atomic E-state index is 12.6. The highest BCUT2D eigenvalue weighted by molar-refractivity contribution is 7.18. The van der Waals surface area contributed by atoms with Gasteiger partial charge in [-0.15, -0.1) is 22.7 Å². The minimum absolute atomic E-state index is 0.430. The summed E-state index contributed by atoms with van der Waals surface area (Å²) in [4.78, 5) is 25.2. The van der Waals surface area contributed by atoms with E-state index in [0.29, 0.717) is 11.1 Å². The van der Waals surface area contributed by atoms with E-state index in [1.54, 1.807) is 10.8 Å². The Morgan fingerprint density at radius 2 is 1.05 bits per heavy atom. The van der Waals surface area contributed by atoms with E-state index in [-0.39, 0.29) is 0 Å². The second-order valence-corrected chi connectivity index (χ2v) is 6.77. The lowest BCUT2D eigenvalue weighted by Crippen LogP contribution is -2.13. The highest BCUT2D eigenvalue weighted by Crippen LogP contribution is 2.30. The predicted molar refractivity (Wildman–Crippen MR) is 92.3 cm³/mol. The van der Waals surface area contributed by atoms with Crippen molar-refractivity contribution < 1.29 is 9.59 Å². The molecule has 0 radical (unpaired) electrons. The molecular weight excluding hydrogens is 312 g/mol. The monoisotopic (exact) mass is 322 g/mol. The van der Waals surface area contributed by atoms with E-state index in [1.165, 1.54) is 22.7 Å². The van der Waals surface area contributed by atoms with Gasteiger partial charge in [0.2, 0.25) is 11.6 Å². The number of Topliss-reactive ketones (excluding diaryl/α,β-unsaturated/α-hetero) is 2. The van der Waals surface area contributed by atoms with Crippen LogP contribution in [-0.4, -0.2) is 11.6 Å². The van der Waals surface area contributed by atoms with Crippen molar-refractivity contribution in [2.45, 2.75) is 0 Å². The van der Waals surface area contributed by atoms with Gasteiger partial charge in [-0.1, -0.05) is 36.4 Å². The van der Waals surface area contributed by atoms with Crippen molar-refractivity contribution in [1.29, 1.82) is 0 Å². The van der Waals surface area contributed by atoms with Gasteiger partial charge in [-0.25, -0.2) is 0 Å². The number of rotatable bonds is 3. The van der Waals surface area contributed by atoms with Crippen LogP contribution in [0.1, 0.15) is 20.7 Å². The first-order chi connectivity index (χ1) is 10.8. The Morgan fingerprint density at radius 1 is 0.636 bits per heavy atom. The zero-order valence-electron chi connectivity index (χ0n) is 11.4. The Hall–Kier alpha value is -2.30. The molecule has 0 aliphatic heterocycles. The number of benzene rings is 2. The molecule has 0 fully saturated rings. The normalized spacial score (nSPS) is 11.1. The fourth-order valence-electron chi connectivity index (χ4n) is 2.55. The Bertz CT molecular complexity index is 940. The maximum Gasteiger partial charge on any atom is 0.235 e. The van der Waals surface area contributed by atoms with Gasteiger partial charge in [0, 0.05) is 42.1 Å². The van der Waals surface area contributed by atoms with Gasteiger partial charge in [0.05, 0.1) is 0 Å². The van der Waals surface area contributed by atoms with Gasteiger partial charge in [0.15, 0.2) is 0 Å². The third kappa shape index (κ3) is 2.00. The molecule has 0 unspecified atom stereocenters. The van der Waals surface area contributed by atoms with Crippen LogP contribution in [0.25, 0.3) is 20.2 Å². The van der Waals surface area contributed by atoms with Gasteiger partial charge in [-0.3, -0.25) is 9.59 Å². The lowest BCUT2D eigenvalue weighted by Gasteiger charge is -1.99. The smallest absolute Gasteiger partial charge is 0.235 e. The van der Waals surface area contributed by atoms with E-state index in [1.807, 2.05) is 48.5 Å². The molecule has 0 aliphatic carbocycles. The van der Waals surface area contributed by atoms with Crippen LogP contribution in [0.5, 0.6) is 0 Å². The van der Waals surface area contributed by atoms with Gasteiger partial charge in [-0.05, 0) is 12.1 Å². The third-order valence-electron chi connectivity index (χ3n) is 3.66. The quantitative estimate of drug-likeness (QED) is 0.384. The summed E-state index contributed by atoms with van der Waals surface area (Å²) < 4.78 is 2.04. The Kier molecular flexibility index (Phi) is 3.13. The number of hydrogen-bond acceptors (Lipinski definition) is 4. The van der Waals surface area contributed by atoms with Gasteiger partial charge in [0.25, 0.3) is 0 Å². The van der Waals surface area contributed by atoms with Crippen molar-refractivity contribution in [3.05, 3.63) is 70.4 Å². The van der Waals surface area contributed by atoms with Gasteiger partial charge >= 0.3 is 0 Å². The topological polar surface area (TPSA) is 34.1 Å². The summed E-state index contributed by atoms with van der Waals surface area (Å²) in [6.07, 6.45) is 0. The van der Waals surface area contributed by atoms with E-state index in [2.05, 4.69) is 0 Å². The standard InChI is InChI=1S/C18H10O2S2/c19-17(13-9-21-15-7-3-1-5-11(13)15)18(20)14-10-22-16-8-4-2-6-12(14)16/h1-10H. The summed E-state index contributed by atoms with van der Waals surface area (Å²) in [6.45, 7) is 0. The number of fused-ring (bicyclic) bond motifs is 2. The number of carbonyl (C=O) groups excluding carboxylic acids is 2. The van der Waals surface area contributed by atoms with Crippen LogP contribution < -0.4 is 0 Å². The number of carbonyl (C=O) groups is 2. The molecule has 4 aromatic rings. The molecule has 2 aromatic carbocycles. The molecule has 2 heterocycles. The Balaban J connectivity index is 1.81. The minimum Gasteiger partial charge on any atom is -0.285 e. The number of hydrogen-bond donors (Lipinski definition) is 0. The second-order valence-electron chi connectivity index (χ2n) is 4.95.